The lowest BCUT2D eigenvalue weighted by Gasteiger charge is -2.37. The SMILES string of the molecule is Cl[C@@H]1CCC2CCCCC2C1. The number of alkyl halides is 1. The quantitative estimate of drug-likeness (QED) is 0.490. The molecule has 0 aliphatic heterocycles. The standard InChI is InChI=1S/C10H17Cl/c11-10-6-5-8-3-1-2-4-9(8)7-10/h8-10H,1-7H2/t8?,9?,10-/m1/s1. The van der Waals surface area contributed by atoms with Crippen LogP contribution < -0.4 is 0 Å². The molecule has 3 atom stereocenters. The maximum absolute atomic E-state index is 6.14. The van der Waals surface area contributed by atoms with Crippen molar-refractivity contribution < 1.29 is 0 Å². The van der Waals surface area contributed by atoms with Gasteiger partial charge in [-0.05, 0) is 31.1 Å². The van der Waals surface area contributed by atoms with Crippen molar-refractivity contribution in [2.45, 2.75) is 50.3 Å². The van der Waals surface area contributed by atoms with Crippen LogP contribution in [0.25, 0.3) is 0 Å². The molecule has 0 radical (unpaired) electrons. The molecule has 0 bridgehead atoms. The summed E-state index contributed by atoms with van der Waals surface area (Å²) in [6, 6.07) is 0. The summed E-state index contributed by atoms with van der Waals surface area (Å²) < 4.78 is 0. The molecule has 0 saturated heterocycles. The zero-order chi connectivity index (χ0) is 7.68. The van der Waals surface area contributed by atoms with Crippen molar-refractivity contribution in [3.8, 4) is 0 Å². The second kappa shape index (κ2) is 3.35. The number of halogens is 1. The third-order valence-corrected chi connectivity index (χ3v) is 3.87. The number of hydrogen-bond donors (Lipinski definition) is 0. The van der Waals surface area contributed by atoms with Gasteiger partial charge in [0.2, 0.25) is 0 Å². The van der Waals surface area contributed by atoms with Crippen molar-refractivity contribution >= 4 is 11.6 Å². The maximum Gasteiger partial charge on any atom is 0.0338 e. The van der Waals surface area contributed by atoms with Gasteiger partial charge in [0, 0.05) is 5.38 Å². The van der Waals surface area contributed by atoms with Gasteiger partial charge in [0.05, 0.1) is 0 Å². The van der Waals surface area contributed by atoms with Crippen LogP contribution >= 0.6 is 11.6 Å². The number of hydrogen-bond acceptors (Lipinski definition) is 0. The van der Waals surface area contributed by atoms with E-state index in [1.807, 2.05) is 0 Å². The minimum atomic E-state index is 0.509. The average Bonchev–Trinajstić information content (AvgIpc) is 2.04. The summed E-state index contributed by atoms with van der Waals surface area (Å²) in [5.41, 5.74) is 0. The van der Waals surface area contributed by atoms with Gasteiger partial charge in [0.25, 0.3) is 0 Å². The first-order chi connectivity index (χ1) is 5.36. The van der Waals surface area contributed by atoms with Gasteiger partial charge in [0.1, 0.15) is 0 Å². The Morgan fingerprint density at radius 2 is 1.55 bits per heavy atom. The van der Waals surface area contributed by atoms with Crippen LogP contribution in [0.3, 0.4) is 0 Å². The molecule has 0 aromatic heterocycles. The van der Waals surface area contributed by atoms with Gasteiger partial charge >= 0.3 is 0 Å². The van der Waals surface area contributed by atoms with E-state index in [9.17, 15) is 0 Å². The molecule has 2 rings (SSSR count). The zero-order valence-electron chi connectivity index (χ0n) is 7.06. The molecule has 64 valence electrons. The predicted octanol–water partition coefficient (Wildman–Crippen LogP) is 3.58. The molecular weight excluding hydrogens is 156 g/mol. The van der Waals surface area contributed by atoms with Crippen LogP contribution in [0.1, 0.15) is 44.9 Å². The Bertz CT molecular complexity index is 133. The van der Waals surface area contributed by atoms with Crippen LogP contribution in [0.4, 0.5) is 0 Å². The number of rotatable bonds is 0. The minimum absolute atomic E-state index is 0.509. The van der Waals surface area contributed by atoms with Gasteiger partial charge in [0.15, 0.2) is 0 Å². The Morgan fingerprint density at radius 1 is 0.818 bits per heavy atom. The van der Waals surface area contributed by atoms with E-state index in [1.165, 1.54) is 44.9 Å². The lowest BCUT2D eigenvalue weighted by molar-refractivity contribution is 0.174. The van der Waals surface area contributed by atoms with E-state index in [2.05, 4.69) is 0 Å². The molecule has 0 aromatic rings. The summed E-state index contributed by atoms with van der Waals surface area (Å²) in [5.74, 6) is 2.05. The van der Waals surface area contributed by atoms with E-state index in [4.69, 9.17) is 11.6 Å². The van der Waals surface area contributed by atoms with Crippen LogP contribution in [0.5, 0.6) is 0 Å². The maximum atomic E-state index is 6.14. The van der Waals surface area contributed by atoms with Gasteiger partial charge in [-0.15, -0.1) is 11.6 Å². The Hall–Kier alpha value is 0.290. The lowest BCUT2D eigenvalue weighted by Crippen LogP contribution is -2.27. The molecule has 0 N–H and O–H groups in total. The van der Waals surface area contributed by atoms with Crippen molar-refractivity contribution in [1.29, 1.82) is 0 Å². The van der Waals surface area contributed by atoms with Gasteiger partial charge in [-0.25, -0.2) is 0 Å². The Kier molecular flexibility index (Phi) is 2.41. The summed E-state index contributed by atoms with van der Waals surface area (Å²) in [6.45, 7) is 0. The molecule has 0 amide bonds. The average molecular weight is 173 g/mol. The molecule has 1 heteroatoms. The van der Waals surface area contributed by atoms with Crippen LogP contribution in [0.2, 0.25) is 0 Å². The molecular formula is C10H17Cl. The molecule has 2 aliphatic carbocycles. The van der Waals surface area contributed by atoms with E-state index in [0.29, 0.717) is 5.38 Å². The number of fused-ring (bicyclic) bond motifs is 1. The van der Waals surface area contributed by atoms with E-state index < -0.39 is 0 Å². The predicted molar refractivity (Wildman–Crippen MR) is 48.9 cm³/mol. The van der Waals surface area contributed by atoms with E-state index >= 15 is 0 Å². The van der Waals surface area contributed by atoms with Crippen LogP contribution in [0, 0.1) is 11.8 Å². The highest BCUT2D eigenvalue weighted by molar-refractivity contribution is 6.20. The Labute approximate surface area is 74.3 Å². The van der Waals surface area contributed by atoms with Crippen LogP contribution in [-0.2, 0) is 0 Å². The van der Waals surface area contributed by atoms with Crippen molar-refractivity contribution in [2.75, 3.05) is 0 Å². The molecule has 11 heavy (non-hydrogen) atoms. The Balaban J connectivity index is 1.93. The fourth-order valence-corrected chi connectivity index (χ4v) is 3.17. The largest absolute Gasteiger partial charge is 0.123 e. The van der Waals surface area contributed by atoms with Crippen molar-refractivity contribution in [3.05, 3.63) is 0 Å². The first-order valence-corrected chi connectivity index (χ1v) is 5.44. The van der Waals surface area contributed by atoms with Crippen LogP contribution in [0.15, 0.2) is 0 Å². The monoisotopic (exact) mass is 172 g/mol. The molecule has 0 spiro atoms. The van der Waals surface area contributed by atoms with Crippen LogP contribution in [-0.4, -0.2) is 5.38 Å². The minimum Gasteiger partial charge on any atom is -0.123 e. The molecule has 2 aliphatic rings. The van der Waals surface area contributed by atoms with E-state index in [0.717, 1.165) is 11.8 Å². The molecule has 0 heterocycles. The van der Waals surface area contributed by atoms with Crippen molar-refractivity contribution in [2.24, 2.45) is 11.8 Å². The fourth-order valence-electron chi connectivity index (χ4n) is 2.82. The summed E-state index contributed by atoms with van der Waals surface area (Å²) in [4.78, 5) is 0. The van der Waals surface area contributed by atoms with Crippen molar-refractivity contribution in [3.63, 3.8) is 0 Å². The molecule has 2 fully saturated rings. The Morgan fingerprint density at radius 3 is 2.36 bits per heavy atom. The van der Waals surface area contributed by atoms with Gasteiger partial charge < -0.3 is 0 Å². The summed E-state index contributed by atoms with van der Waals surface area (Å²) in [7, 11) is 0. The zero-order valence-corrected chi connectivity index (χ0v) is 7.82. The lowest BCUT2D eigenvalue weighted by atomic mass is 9.71. The fraction of sp³-hybridized carbons (Fsp3) is 1.00. The molecule has 0 aromatic carbocycles. The normalized spacial score (nSPS) is 45.0. The molecule has 0 nitrogen and oxygen atoms in total. The molecule has 2 unspecified atom stereocenters. The van der Waals surface area contributed by atoms with E-state index in [1.54, 1.807) is 0 Å². The summed E-state index contributed by atoms with van der Waals surface area (Å²) in [5, 5.41) is 0.509. The summed E-state index contributed by atoms with van der Waals surface area (Å²) in [6.07, 6.45) is 9.91. The highest BCUT2D eigenvalue weighted by atomic mass is 35.5. The van der Waals surface area contributed by atoms with Gasteiger partial charge in [-0.2, -0.15) is 0 Å². The molecule has 2 saturated carbocycles. The topological polar surface area (TPSA) is 0 Å². The first-order valence-electron chi connectivity index (χ1n) is 5.00. The van der Waals surface area contributed by atoms with Gasteiger partial charge in [-0.3, -0.25) is 0 Å². The smallest absolute Gasteiger partial charge is 0.0338 e. The highest BCUT2D eigenvalue weighted by Crippen LogP contribution is 2.41. The third-order valence-electron chi connectivity index (χ3n) is 3.48. The van der Waals surface area contributed by atoms with Crippen molar-refractivity contribution in [1.82, 2.24) is 0 Å². The third kappa shape index (κ3) is 1.72. The second-order valence-corrected chi connectivity index (χ2v) is 4.83. The highest BCUT2D eigenvalue weighted by Gasteiger charge is 2.30. The van der Waals surface area contributed by atoms with E-state index in [-0.39, 0.29) is 0 Å². The summed E-state index contributed by atoms with van der Waals surface area (Å²) >= 11 is 6.14. The first kappa shape index (κ1) is 7.91. The van der Waals surface area contributed by atoms with Gasteiger partial charge in [-0.1, -0.05) is 25.7 Å². The second-order valence-electron chi connectivity index (χ2n) is 4.21.